The predicted molar refractivity (Wildman–Crippen MR) is 111 cm³/mol. The Morgan fingerprint density at radius 1 is 1.35 bits per heavy atom. The summed E-state index contributed by atoms with van der Waals surface area (Å²) < 4.78 is 34.6. The van der Waals surface area contributed by atoms with E-state index in [1.807, 2.05) is 16.7 Å². The minimum atomic E-state index is -3.83. The van der Waals surface area contributed by atoms with Gasteiger partial charge in [0.2, 0.25) is 0 Å². The number of hydrogen-bond donors (Lipinski definition) is 1. The number of fused-ring (bicyclic) bond motifs is 1. The van der Waals surface area contributed by atoms with Gasteiger partial charge in [-0.05, 0) is 13.3 Å². The number of rotatable bonds is 8. The smallest absolute Gasteiger partial charge is 0.370 e. The van der Waals surface area contributed by atoms with E-state index in [1.54, 1.807) is 13.1 Å². The van der Waals surface area contributed by atoms with Crippen LogP contribution in [0.4, 0.5) is 5.82 Å². The third kappa shape index (κ3) is 4.34. The summed E-state index contributed by atoms with van der Waals surface area (Å²) in [4.78, 5) is 20.7. The van der Waals surface area contributed by atoms with E-state index in [2.05, 4.69) is 20.8 Å². The van der Waals surface area contributed by atoms with Gasteiger partial charge in [-0.25, -0.2) is 14.8 Å². The fourth-order valence-electron chi connectivity index (χ4n) is 3.58. The van der Waals surface area contributed by atoms with Crippen molar-refractivity contribution in [2.45, 2.75) is 25.2 Å². The molecule has 11 nitrogen and oxygen atoms in total. The number of hydrogen-bond acceptors (Lipinski definition) is 10. The zero-order valence-electron chi connectivity index (χ0n) is 17.6. The lowest BCUT2D eigenvalue weighted by atomic mass is 10.1. The number of anilines is 1. The Hall–Kier alpha value is -2.77. The van der Waals surface area contributed by atoms with Crippen molar-refractivity contribution in [3.05, 3.63) is 29.7 Å². The Morgan fingerprint density at radius 3 is 2.68 bits per heavy atom. The molecule has 31 heavy (non-hydrogen) atoms. The average Bonchev–Trinajstić information content (AvgIpc) is 3.37. The summed E-state index contributed by atoms with van der Waals surface area (Å²) in [7, 11) is -0.315. The third-order valence-electron chi connectivity index (χ3n) is 5.11. The van der Waals surface area contributed by atoms with Gasteiger partial charge in [-0.15, -0.1) is 0 Å². The molecule has 0 amide bonds. The number of nitrogens with two attached hydrogens (primary N) is 1. The molecule has 1 aliphatic rings. The maximum absolute atomic E-state index is 12.6. The van der Waals surface area contributed by atoms with Crippen molar-refractivity contribution in [3.8, 4) is 6.07 Å². The first-order valence-electron chi connectivity index (χ1n) is 9.41. The third-order valence-corrected chi connectivity index (χ3v) is 7.06. The summed E-state index contributed by atoms with van der Waals surface area (Å²) in [5, 5.41) is 10.00. The van der Waals surface area contributed by atoms with Crippen LogP contribution in [0, 0.1) is 24.2 Å². The van der Waals surface area contributed by atoms with Gasteiger partial charge in [0.25, 0.3) is 5.85 Å². The van der Waals surface area contributed by atoms with Crippen molar-refractivity contribution in [2.24, 2.45) is 5.92 Å². The van der Waals surface area contributed by atoms with Crippen LogP contribution in [0.15, 0.2) is 18.3 Å². The molecule has 0 bridgehead atoms. The Kier molecular flexibility index (Phi) is 6.77. The zero-order valence-corrected chi connectivity index (χ0v) is 18.5. The molecule has 12 heteroatoms. The lowest BCUT2D eigenvalue weighted by Crippen LogP contribution is -2.29. The quantitative estimate of drug-likeness (QED) is 0.361. The molecule has 2 heterocycles. The lowest BCUT2D eigenvalue weighted by molar-refractivity contribution is -0.150. The molecule has 166 valence electrons. The van der Waals surface area contributed by atoms with Crippen molar-refractivity contribution in [1.82, 2.24) is 14.5 Å². The van der Waals surface area contributed by atoms with Crippen LogP contribution in [0.2, 0.25) is 0 Å². The summed E-state index contributed by atoms with van der Waals surface area (Å²) in [6.07, 6.45) is 6.20. The number of carbonyl (C=O) groups excluding carboxylic acids is 1. The van der Waals surface area contributed by atoms with E-state index >= 15 is 0 Å². The fourth-order valence-corrected chi connectivity index (χ4v) is 4.74. The van der Waals surface area contributed by atoms with Gasteiger partial charge in [0.15, 0.2) is 0 Å². The van der Waals surface area contributed by atoms with E-state index in [0.29, 0.717) is 28.8 Å². The lowest BCUT2D eigenvalue weighted by Gasteiger charge is -2.23. The van der Waals surface area contributed by atoms with Crippen molar-refractivity contribution < 1.29 is 27.9 Å². The average molecular weight is 449 g/mol. The highest BCUT2D eigenvalue weighted by atomic mass is 31.2. The van der Waals surface area contributed by atoms with Gasteiger partial charge >= 0.3 is 13.6 Å². The molecule has 2 aromatic rings. The van der Waals surface area contributed by atoms with Gasteiger partial charge in [0.1, 0.15) is 23.4 Å². The van der Waals surface area contributed by atoms with Crippen LogP contribution in [0.1, 0.15) is 23.9 Å². The van der Waals surface area contributed by atoms with Crippen LogP contribution < -0.4 is 5.73 Å². The number of nitrogen functional groups attached to an aromatic ring is 1. The molecule has 0 fully saturated rings. The number of carbonyl (C=O) groups is 1. The number of aryl methyl sites for hydroxylation is 1. The topological polar surface area (TPSA) is 152 Å². The van der Waals surface area contributed by atoms with Crippen LogP contribution >= 0.6 is 7.60 Å². The number of nitriles is 1. The number of allylic oxidation sites excluding steroid dienone is 1. The molecule has 2 aromatic heterocycles. The van der Waals surface area contributed by atoms with Gasteiger partial charge < -0.3 is 28.8 Å². The first-order valence-corrected chi connectivity index (χ1v) is 11.0. The number of ether oxygens (including phenoxy) is 2. The van der Waals surface area contributed by atoms with Gasteiger partial charge in [-0.3, -0.25) is 4.57 Å². The number of esters is 1. The number of methoxy groups -OCH3 is 1. The highest BCUT2D eigenvalue weighted by Gasteiger charge is 2.42. The monoisotopic (exact) mass is 449 g/mol. The maximum atomic E-state index is 12.6. The van der Waals surface area contributed by atoms with Crippen LogP contribution in [-0.2, 0) is 27.9 Å². The van der Waals surface area contributed by atoms with Crippen molar-refractivity contribution in [3.63, 3.8) is 0 Å². The molecule has 2 N–H and O–H groups in total. The first-order chi connectivity index (χ1) is 14.8. The second-order valence-electron chi connectivity index (χ2n) is 6.98. The summed E-state index contributed by atoms with van der Waals surface area (Å²) in [5.41, 5.74) is 6.99. The second-order valence-corrected chi connectivity index (χ2v) is 9.26. The molecule has 0 aromatic carbocycles. The molecule has 0 radical (unpaired) electrons. The molecular formula is C19H24N5O6P. The standard InChI is InChI=1S/C19H24N5O6P/c1-11-22-16(21)15-13(8-20)9-24(17(15)23-11)14-6-5-12(7-14)10-30-19(18(25)27-2)31(26,28-3)29-4/h5-6,9,12,14,19H,7,10H2,1-4H3,(H2,21,22,23)/t12-,14+,19?/m1/s1. The summed E-state index contributed by atoms with van der Waals surface area (Å²) in [6, 6.07) is 2.02. The van der Waals surface area contributed by atoms with Crippen molar-refractivity contribution in [2.75, 3.05) is 33.7 Å². The van der Waals surface area contributed by atoms with E-state index in [-0.39, 0.29) is 24.4 Å². The van der Waals surface area contributed by atoms with Crippen LogP contribution in [0.3, 0.4) is 0 Å². The minimum Gasteiger partial charge on any atom is -0.467 e. The van der Waals surface area contributed by atoms with Crippen LogP contribution in [0.5, 0.6) is 0 Å². The van der Waals surface area contributed by atoms with Crippen molar-refractivity contribution in [1.29, 1.82) is 5.26 Å². The Morgan fingerprint density at radius 2 is 2.06 bits per heavy atom. The fraction of sp³-hybridized carbons (Fsp3) is 0.474. The van der Waals surface area contributed by atoms with Crippen molar-refractivity contribution >= 4 is 30.4 Å². The van der Waals surface area contributed by atoms with Crippen LogP contribution in [0.25, 0.3) is 11.0 Å². The van der Waals surface area contributed by atoms with Crippen LogP contribution in [-0.4, -0.2) is 54.3 Å². The Labute approximate surface area is 179 Å². The SMILES string of the molecule is COC(=O)C(OC[C@@H]1C=C[C@H](n2cc(C#N)c3c(N)nc(C)nc32)C1)P(=O)(OC)OC. The van der Waals surface area contributed by atoms with E-state index in [9.17, 15) is 14.6 Å². The largest absolute Gasteiger partial charge is 0.467 e. The Bertz CT molecular complexity index is 1100. The maximum Gasteiger partial charge on any atom is 0.370 e. The van der Waals surface area contributed by atoms with E-state index in [0.717, 1.165) is 0 Å². The molecule has 3 atom stereocenters. The number of aromatic nitrogens is 3. The van der Waals surface area contributed by atoms with Gasteiger partial charge in [0.05, 0.1) is 30.7 Å². The van der Waals surface area contributed by atoms with E-state index in [1.165, 1.54) is 21.3 Å². The molecule has 1 unspecified atom stereocenters. The van der Waals surface area contributed by atoms with Gasteiger partial charge in [0, 0.05) is 26.3 Å². The molecule has 1 aliphatic carbocycles. The highest BCUT2D eigenvalue weighted by molar-refractivity contribution is 7.55. The molecule has 3 rings (SSSR count). The molecule has 0 aliphatic heterocycles. The highest BCUT2D eigenvalue weighted by Crippen LogP contribution is 2.52. The van der Waals surface area contributed by atoms with E-state index in [4.69, 9.17) is 19.5 Å². The first kappa shape index (κ1) is 22.9. The molecule has 0 saturated carbocycles. The molecular weight excluding hydrogens is 425 g/mol. The molecule has 0 saturated heterocycles. The number of nitrogens with zero attached hydrogens (tertiary/aromatic N) is 4. The predicted octanol–water partition coefficient (Wildman–Crippen LogP) is 2.31. The minimum absolute atomic E-state index is 0.0872. The summed E-state index contributed by atoms with van der Waals surface area (Å²) in [6.45, 7) is 1.82. The van der Waals surface area contributed by atoms with Gasteiger partial charge in [-0.2, -0.15) is 5.26 Å². The zero-order chi connectivity index (χ0) is 22.8. The second kappa shape index (κ2) is 9.16. The summed E-state index contributed by atoms with van der Waals surface area (Å²) >= 11 is 0. The normalized spacial score (nSPS) is 19.5. The molecule has 0 spiro atoms. The van der Waals surface area contributed by atoms with Gasteiger partial charge in [-0.1, -0.05) is 12.2 Å². The Balaban J connectivity index is 1.78. The summed E-state index contributed by atoms with van der Waals surface area (Å²) in [5.74, 6) is -1.67. The van der Waals surface area contributed by atoms with E-state index < -0.39 is 19.4 Å².